The van der Waals surface area contributed by atoms with Crippen molar-refractivity contribution in [2.45, 2.75) is 26.3 Å². The number of unbranched alkanes of at least 4 members (excludes halogenated alkanes) is 1. The van der Waals surface area contributed by atoms with Gasteiger partial charge in [0.25, 0.3) is 0 Å². The van der Waals surface area contributed by atoms with Crippen LogP contribution in [-0.2, 0) is 6.54 Å². The fourth-order valence-corrected chi connectivity index (χ4v) is 1.95. The minimum Gasteiger partial charge on any atom is -0.384 e. The summed E-state index contributed by atoms with van der Waals surface area (Å²) in [5.74, 6) is 0.688. The molecule has 0 aliphatic heterocycles. The zero-order valence-corrected chi connectivity index (χ0v) is 10.6. The first-order valence-electron chi connectivity index (χ1n) is 5.80. The second-order valence-electron chi connectivity index (χ2n) is 4.01. The molecule has 2 rings (SSSR count). The largest absolute Gasteiger partial charge is 0.384 e. The molecule has 0 amide bonds. The first kappa shape index (κ1) is 12.0. The van der Waals surface area contributed by atoms with E-state index in [1.165, 1.54) is 0 Å². The molecule has 3 nitrogen and oxygen atoms in total. The molecular formula is C13H16ClN3. The number of nitrogens with two attached hydrogens (primary N) is 1. The maximum atomic E-state index is 6.13. The Bertz CT molecular complexity index is 505. The molecule has 0 aliphatic carbocycles. The molecule has 1 heterocycles. The molecule has 0 saturated heterocycles. The maximum Gasteiger partial charge on any atom is 0.122 e. The van der Waals surface area contributed by atoms with Gasteiger partial charge < -0.3 is 5.73 Å². The van der Waals surface area contributed by atoms with E-state index in [1.807, 2.05) is 35.0 Å². The Morgan fingerprint density at radius 3 is 2.82 bits per heavy atom. The Morgan fingerprint density at radius 1 is 1.35 bits per heavy atom. The lowest BCUT2D eigenvalue weighted by molar-refractivity contribution is 0.580. The van der Waals surface area contributed by atoms with Crippen molar-refractivity contribution < 1.29 is 0 Å². The van der Waals surface area contributed by atoms with Crippen LogP contribution in [0.5, 0.6) is 0 Å². The Kier molecular flexibility index (Phi) is 3.69. The summed E-state index contributed by atoms with van der Waals surface area (Å²) in [7, 11) is 0. The molecule has 17 heavy (non-hydrogen) atoms. The molecule has 0 bridgehead atoms. The maximum absolute atomic E-state index is 6.13. The lowest BCUT2D eigenvalue weighted by Gasteiger charge is -2.02. The number of aromatic nitrogens is 2. The van der Waals surface area contributed by atoms with Crippen LogP contribution in [0.15, 0.2) is 30.3 Å². The molecule has 2 N–H and O–H groups in total. The third-order valence-corrected chi connectivity index (χ3v) is 3.01. The Balaban J connectivity index is 2.31. The van der Waals surface area contributed by atoms with Gasteiger partial charge in [0.05, 0.1) is 10.7 Å². The van der Waals surface area contributed by atoms with Gasteiger partial charge in [0, 0.05) is 18.2 Å². The fraction of sp³-hybridized carbons (Fsp3) is 0.308. The van der Waals surface area contributed by atoms with E-state index in [9.17, 15) is 0 Å². The number of hydrogen-bond acceptors (Lipinski definition) is 2. The Labute approximate surface area is 106 Å². The number of nitrogens with zero attached hydrogens (tertiary/aromatic N) is 2. The standard InChI is InChI=1S/C13H16ClN3/c1-2-3-8-17-13(15)9-12(16-17)10-6-4-5-7-11(10)14/h4-7,9H,2-3,8,15H2,1H3. The number of hydrogen-bond donors (Lipinski definition) is 1. The predicted molar refractivity (Wildman–Crippen MR) is 72.0 cm³/mol. The summed E-state index contributed by atoms with van der Waals surface area (Å²) in [6, 6.07) is 9.54. The molecule has 0 aliphatic rings. The van der Waals surface area contributed by atoms with E-state index in [0.717, 1.165) is 30.6 Å². The van der Waals surface area contributed by atoms with E-state index >= 15 is 0 Å². The molecule has 90 valence electrons. The van der Waals surface area contributed by atoms with Gasteiger partial charge in [0.1, 0.15) is 5.82 Å². The average molecular weight is 250 g/mol. The molecule has 0 radical (unpaired) electrons. The van der Waals surface area contributed by atoms with Crippen LogP contribution in [-0.4, -0.2) is 9.78 Å². The number of benzene rings is 1. The van der Waals surface area contributed by atoms with E-state index in [0.29, 0.717) is 10.8 Å². The fourth-order valence-electron chi connectivity index (χ4n) is 1.72. The van der Waals surface area contributed by atoms with Gasteiger partial charge in [-0.25, -0.2) is 4.68 Å². The normalized spacial score (nSPS) is 10.7. The van der Waals surface area contributed by atoms with Crippen LogP contribution in [0.25, 0.3) is 11.3 Å². The van der Waals surface area contributed by atoms with Crippen LogP contribution in [0.1, 0.15) is 19.8 Å². The molecule has 0 unspecified atom stereocenters. The van der Waals surface area contributed by atoms with E-state index in [2.05, 4.69) is 12.0 Å². The highest BCUT2D eigenvalue weighted by atomic mass is 35.5. The van der Waals surface area contributed by atoms with Gasteiger partial charge in [0.15, 0.2) is 0 Å². The topological polar surface area (TPSA) is 43.8 Å². The molecule has 2 aromatic rings. The minimum absolute atomic E-state index is 0.688. The first-order valence-corrected chi connectivity index (χ1v) is 6.18. The van der Waals surface area contributed by atoms with Crippen LogP contribution in [0, 0.1) is 0 Å². The summed E-state index contributed by atoms with van der Waals surface area (Å²) >= 11 is 6.13. The van der Waals surface area contributed by atoms with E-state index in [1.54, 1.807) is 0 Å². The monoisotopic (exact) mass is 249 g/mol. The SMILES string of the molecule is CCCCn1nc(-c2ccccc2Cl)cc1N. The number of aryl methyl sites for hydroxylation is 1. The molecule has 4 heteroatoms. The van der Waals surface area contributed by atoms with E-state index < -0.39 is 0 Å². The van der Waals surface area contributed by atoms with Crippen LogP contribution in [0.3, 0.4) is 0 Å². The Morgan fingerprint density at radius 2 is 2.12 bits per heavy atom. The molecule has 0 saturated carbocycles. The van der Waals surface area contributed by atoms with Gasteiger partial charge in [-0.3, -0.25) is 0 Å². The summed E-state index contributed by atoms with van der Waals surface area (Å²) in [4.78, 5) is 0. The van der Waals surface area contributed by atoms with E-state index in [-0.39, 0.29) is 0 Å². The number of rotatable bonds is 4. The second-order valence-corrected chi connectivity index (χ2v) is 4.42. The van der Waals surface area contributed by atoms with Gasteiger partial charge in [-0.15, -0.1) is 0 Å². The van der Waals surface area contributed by atoms with Crippen molar-refractivity contribution >= 4 is 17.4 Å². The smallest absolute Gasteiger partial charge is 0.122 e. The summed E-state index contributed by atoms with van der Waals surface area (Å²) < 4.78 is 1.84. The zero-order valence-electron chi connectivity index (χ0n) is 9.86. The third-order valence-electron chi connectivity index (χ3n) is 2.68. The molecule has 0 spiro atoms. The Hall–Kier alpha value is -1.48. The van der Waals surface area contributed by atoms with Gasteiger partial charge in [-0.2, -0.15) is 5.10 Å². The van der Waals surface area contributed by atoms with Gasteiger partial charge in [-0.1, -0.05) is 43.1 Å². The van der Waals surface area contributed by atoms with Crippen molar-refractivity contribution in [2.75, 3.05) is 5.73 Å². The van der Waals surface area contributed by atoms with Gasteiger partial charge >= 0.3 is 0 Å². The van der Waals surface area contributed by atoms with Crippen LogP contribution < -0.4 is 5.73 Å². The van der Waals surface area contributed by atoms with Crippen molar-refractivity contribution in [3.8, 4) is 11.3 Å². The molecular weight excluding hydrogens is 234 g/mol. The number of halogens is 1. The predicted octanol–water partition coefficient (Wildman–Crippen LogP) is 3.59. The molecule has 0 fully saturated rings. The average Bonchev–Trinajstić information content (AvgIpc) is 2.68. The number of nitrogen functional groups attached to an aromatic ring is 1. The van der Waals surface area contributed by atoms with E-state index in [4.69, 9.17) is 17.3 Å². The molecule has 0 atom stereocenters. The van der Waals surface area contributed by atoms with Crippen molar-refractivity contribution in [3.63, 3.8) is 0 Å². The lowest BCUT2D eigenvalue weighted by atomic mass is 10.1. The van der Waals surface area contributed by atoms with Crippen LogP contribution in [0.2, 0.25) is 5.02 Å². The highest BCUT2D eigenvalue weighted by molar-refractivity contribution is 6.33. The van der Waals surface area contributed by atoms with Gasteiger partial charge in [-0.05, 0) is 12.5 Å². The number of anilines is 1. The summed E-state index contributed by atoms with van der Waals surface area (Å²) in [5.41, 5.74) is 7.69. The molecule has 1 aromatic carbocycles. The lowest BCUT2D eigenvalue weighted by Crippen LogP contribution is -2.04. The van der Waals surface area contributed by atoms with Crippen molar-refractivity contribution in [2.24, 2.45) is 0 Å². The highest BCUT2D eigenvalue weighted by Crippen LogP contribution is 2.27. The highest BCUT2D eigenvalue weighted by Gasteiger charge is 2.09. The van der Waals surface area contributed by atoms with Crippen molar-refractivity contribution in [1.29, 1.82) is 0 Å². The minimum atomic E-state index is 0.688. The summed E-state index contributed by atoms with van der Waals surface area (Å²) in [6.07, 6.45) is 2.20. The van der Waals surface area contributed by atoms with Gasteiger partial charge in [0.2, 0.25) is 0 Å². The van der Waals surface area contributed by atoms with Crippen LogP contribution in [0.4, 0.5) is 5.82 Å². The quantitative estimate of drug-likeness (QED) is 0.900. The molecule has 1 aromatic heterocycles. The van der Waals surface area contributed by atoms with Crippen molar-refractivity contribution in [1.82, 2.24) is 9.78 Å². The second kappa shape index (κ2) is 5.23. The van der Waals surface area contributed by atoms with Crippen molar-refractivity contribution in [3.05, 3.63) is 35.4 Å². The summed E-state index contributed by atoms with van der Waals surface area (Å²) in [6.45, 7) is 3.00. The first-order chi connectivity index (χ1) is 8.22. The van der Waals surface area contributed by atoms with Crippen LogP contribution >= 0.6 is 11.6 Å². The third kappa shape index (κ3) is 2.61. The summed E-state index contributed by atoms with van der Waals surface area (Å²) in [5, 5.41) is 5.19. The zero-order chi connectivity index (χ0) is 12.3.